The molecule has 2 aliphatic heterocycles. The first-order chi connectivity index (χ1) is 16.9. The van der Waals surface area contributed by atoms with Crippen LogP contribution in [0.25, 0.3) is 0 Å². The van der Waals surface area contributed by atoms with Gasteiger partial charge in [0.05, 0.1) is 10.1 Å². The van der Waals surface area contributed by atoms with E-state index in [2.05, 4.69) is 49.0 Å². The molecule has 0 saturated heterocycles. The maximum atomic E-state index is 12.9. The maximum absolute atomic E-state index is 12.9. The van der Waals surface area contributed by atoms with Gasteiger partial charge < -0.3 is 9.13 Å². The zero-order chi connectivity index (χ0) is 26.3. The Kier molecular flexibility index (Phi) is 9.60. The summed E-state index contributed by atoms with van der Waals surface area (Å²) in [5.41, 5.74) is 2.33. The molecule has 2 aliphatic rings. The molecule has 0 aromatic carbocycles. The van der Waals surface area contributed by atoms with Crippen LogP contribution in [0.2, 0.25) is 0 Å². The summed E-state index contributed by atoms with van der Waals surface area (Å²) in [6.07, 6.45) is 5.74. The molecule has 0 radical (unpaired) electrons. The van der Waals surface area contributed by atoms with Gasteiger partial charge in [-0.2, -0.15) is 0 Å². The molecule has 4 rings (SSSR count). The van der Waals surface area contributed by atoms with Crippen molar-refractivity contribution in [2.24, 2.45) is 0 Å². The quantitative estimate of drug-likeness (QED) is 0.208. The molecule has 198 valence electrons. The van der Waals surface area contributed by atoms with Crippen molar-refractivity contribution >= 4 is 84.0 Å². The molecular formula is C26H36N2OS7. The standard InChI is InChI=1S/C26H36N2OS7/c1-25(2,27-21(30)15-19-17(23(27)32)7-11-34-19)9-5-13-36(29)14-6-10-26(3,4)28-22(31)16-20-18(24(28)33)8-12-35-20/h15-16,32-33H,5-14H2,1-4H3. The third kappa shape index (κ3) is 6.20. The average Bonchev–Trinajstić information content (AvgIpc) is 3.42. The fourth-order valence-corrected chi connectivity index (χ4v) is 11.2. The van der Waals surface area contributed by atoms with Gasteiger partial charge >= 0.3 is 0 Å². The van der Waals surface area contributed by atoms with E-state index in [-0.39, 0.29) is 11.1 Å². The van der Waals surface area contributed by atoms with Crippen molar-refractivity contribution < 1.29 is 4.21 Å². The molecule has 2 aromatic rings. The van der Waals surface area contributed by atoms with E-state index >= 15 is 0 Å². The van der Waals surface area contributed by atoms with Crippen molar-refractivity contribution in [1.29, 1.82) is 0 Å². The van der Waals surface area contributed by atoms with E-state index in [1.807, 2.05) is 23.5 Å². The number of thiol groups is 2. The lowest BCUT2D eigenvalue weighted by atomic mass is 9.98. The van der Waals surface area contributed by atoms with Gasteiger partial charge in [-0.25, -0.2) is 0 Å². The van der Waals surface area contributed by atoms with Gasteiger partial charge in [-0.15, -0.1) is 48.8 Å². The summed E-state index contributed by atoms with van der Waals surface area (Å²) in [7, 11) is -0.838. The molecule has 2 aromatic heterocycles. The Hall–Kier alpha value is 0.290. The molecule has 0 N–H and O–H groups in total. The molecule has 4 heterocycles. The van der Waals surface area contributed by atoms with Crippen LogP contribution in [-0.4, -0.2) is 36.4 Å². The summed E-state index contributed by atoms with van der Waals surface area (Å²) in [6.45, 7) is 8.87. The molecule has 0 fully saturated rings. The SMILES string of the molecule is CC(C)(CCCS(=O)CCCC(C)(C)n1c(S)c2c(cc1=S)SCC2)n1c(S)c2c(cc1=S)SCC2. The smallest absolute Gasteiger partial charge is 0.108 e. The number of fused-ring (bicyclic) bond motifs is 2. The van der Waals surface area contributed by atoms with Gasteiger partial charge in [0.2, 0.25) is 0 Å². The Morgan fingerprint density at radius 3 is 1.61 bits per heavy atom. The van der Waals surface area contributed by atoms with Crippen molar-refractivity contribution in [3.05, 3.63) is 32.5 Å². The van der Waals surface area contributed by atoms with Crippen LogP contribution < -0.4 is 0 Å². The summed E-state index contributed by atoms with van der Waals surface area (Å²) in [5, 5.41) is 2.01. The summed E-state index contributed by atoms with van der Waals surface area (Å²) >= 11 is 25.0. The number of rotatable bonds is 10. The van der Waals surface area contributed by atoms with Crippen molar-refractivity contribution in [2.45, 2.75) is 97.1 Å². The predicted molar refractivity (Wildman–Crippen MR) is 169 cm³/mol. The highest BCUT2D eigenvalue weighted by Gasteiger charge is 2.28. The van der Waals surface area contributed by atoms with Crippen molar-refractivity contribution in [3.8, 4) is 0 Å². The number of aromatic nitrogens is 2. The first-order valence-corrected chi connectivity index (χ1v) is 17.7. The second kappa shape index (κ2) is 11.8. The zero-order valence-corrected chi connectivity index (χ0v) is 27.3. The lowest BCUT2D eigenvalue weighted by Crippen LogP contribution is -2.30. The Balaban J connectivity index is 1.31. The van der Waals surface area contributed by atoms with Gasteiger partial charge in [0.1, 0.15) is 9.28 Å². The Morgan fingerprint density at radius 2 is 1.22 bits per heavy atom. The van der Waals surface area contributed by atoms with Crippen LogP contribution in [0.4, 0.5) is 0 Å². The molecular weight excluding hydrogens is 581 g/mol. The van der Waals surface area contributed by atoms with Gasteiger partial charge in [-0.3, -0.25) is 4.21 Å². The van der Waals surface area contributed by atoms with E-state index in [1.54, 1.807) is 0 Å². The highest BCUT2D eigenvalue weighted by Crippen LogP contribution is 2.39. The lowest BCUT2D eigenvalue weighted by molar-refractivity contribution is 0.295. The fraction of sp³-hybridized carbons (Fsp3) is 0.615. The van der Waals surface area contributed by atoms with Crippen LogP contribution in [0, 0.1) is 9.28 Å². The zero-order valence-electron chi connectivity index (χ0n) is 21.5. The summed E-state index contributed by atoms with van der Waals surface area (Å²) < 4.78 is 19.0. The topological polar surface area (TPSA) is 26.9 Å². The van der Waals surface area contributed by atoms with Crippen LogP contribution in [-0.2, 0) is 34.7 Å². The first-order valence-electron chi connectivity index (χ1n) is 12.5. The van der Waals surface area contributed by atoms with Crippen LogP contribution in [0.1, 0.15) is 64.5 Å². The van der Waals surface area contributed by atoms with Crippen molar-refractivity contribution in [2.75, 3.05) is 23.0 Å². The summed E-state index contributed by atoms with van der Waals surface area (Å²) in [5.74, 6) is 3.64. The number of pyridine rings is 2. The first kappa shape index (κ1) is 29.3. The van der Waals surface area contributed by atoms with Crippen LogP contribution >= 0.6 is 73.2 Å². The molecule has 10 heteroatoms. The molecule has 0 amide bonds. The Labute approximate surface area is 248 Å². The van der Waals surface area contributed by atoms with Crippen molar-refractivity contribution in [1.82, 2.24) is 9.13 Å². The minimum absolute atomic E-state index is 0.159. The largest absolute Gasteiger partial charge is 0.322 e. The van der Waals surface area contributed by atoms with Gasteiger partial charge in [-0.1, -0.05) is 24.4 Å². The molecule has 0 aliphatic carbocycles. The lowest BCUT2D eigenvalue weighted by Gasteiger charge is -2.32. The third-order valence-electron chi connectivity index (χ3n) is 7.26. The third-order valence-corrected chi connectivity index (χ3v) is 12.5. The molecule has 0 saturated carbocycles. The Bertz CT molecular complexity index is 1200. The summed E-state index contributed by atoms with van der Waals surface area (Å²) in [4.78, 5) is 2.57. The van der Waals surface area contributed by atoms with Gasteiger partial charge in [0.15, 0.2) is 0 Å². The highest BCUT2D eigenvalue weighted by molar-refractivity contribution is 8.00. The normalized spacial score (nSPS) is 15.5. The minimum Gasteiger partial charge on any atom is -0.322 e. The molecule has 36 heavy (non-hydrogen) atoms. The highest BCUT2D eigenvalue weighted by atomic mass is 32.2. The van der Waals surface area contributed by atoms with Gasteiger partial charge in [-0.05, 0) is 89.5 Å². The van der Waals surface area contributed by atoms with Gasteiger partial charge in [0, 0.05) is 54.7 Å². The van der Waals surface area contributed by atoms with Crippen molar-refractivity contribution in [3.63, 3.8) is 0 Å². The number of thioether (sulfide) groups is 2. The maximum Gasteiger partial charge on any atom is 0.108 e. The van der Waals surface area contributed by atoms with E-state index < -0.39 is 10.8 Å². The van der Waals surface area contributed by atoms with Gasteiger partial charge in [0.25, 0.3) is 0 Å². The van der Waals surface area contributed by atoms with E-state index in [0.717, 1.165) is 69.4 Å². The van der Waals surface area contributed by atoms with E-state index in [1.165, 1.54) is 20.9 Å². The van der Waals surface area contributed by atoms with E-state index in [4.69, 9.17) is 49.7 Å². The monoisotopic (exact) mass is 616 g/mol. The van der Waals surface area contributed by atoms with Crippen LogP contribution in [0.3, 0.4) is 0 Å². The minimum atomic E-state index is -0.838. The van der Waals surface area contributed by atoms with Crippen LogP contribution in [0.15, 0.2) is 32.0 Å². The average molecular weight is 617 g/mol. The molecule has 0 unspecified atom stereocenters. The molecule has 0 spiro atoms. The second-order valence-corrected chi connectivity index (χ2v) is 16.5. The summed E-state index contributed by atoms with van der Waals surface area (Å²) in [6, 6.07) is 4.26. The number of hydrogen-bond donors (Lipinski definition) is 2. The molecule has 0 bridgehead atoms. The van der Waals surface area contributed by atoms with E-state index in [9.17, 15) is 4.21 Å². The molecule has 3 nitrogen and oxygen atoms in total. The van der Waals surface area contributed by atoms with E-state index in [0.29, 0.717) is 11.5 Å². The predicted octanol–water partition coefficient (Wildman–Crippen LogP) is 8.10. The molecule has 0 atom stereocenters. The number of hydrogen-bond acceptors (Lipinski definition) is 7. The fourth-order valence-electron chi connectivity index (χ4n) is 5.31. The van der Waals surface area contributed by atoms with Crippen LogP contribution in [0.5, 0.6) is 0 Å². The second-order valence-electron chi connectivity index (χ2n) is 10.8. The Morgan fingerprint density at radius 1 is 0.833 bits per heavy atom. The number of nitrogens with zero attached hydrogens (tertiary/aromatic N) is 2.